The highest BCUT2D eigenvalue weighted by molar-refractivity contribution is 6.30. The van der Waals surface area contributed by atoms with Crippen molar-refractivity contribution in [2.75, 3.05) is 13.2 Å². The van der Waals surface area contributed by atoms with E-state index in [4.69, 9.17) is 16.7 Å². The van der Waals surface area contributed by atoms with Crippen LogP contribution in [0.25, 0.3) is 0 Å². The summed E-state index contributed by atoms with van der Waals surface area (Å²) in [6, 6.07) is 7.01. The van der Waals surface area contributed by atoms with E-state index < -0.39 is 17.4 Å². The van der Waals surface area contributed by atoms with Crippen LogP contribution in [0.15, 0.2) is 24.3 Å². The summed E-state index contributed by atoms with van der Waals surface area (Å²) in [5, 5.41) is 22.0. The SMILES string of the molecule is CC(C)(CO)[C@@H](O)C(=O)NCCC(=O)Cc1ccc(Cl)cc1. The van der Waals surface area contributed by atoms with Crippen molar-refractivity contribution in [2.24, 2.45) is 5.41 Å². The first kappa shape index (κ1) is 18.6. The third-order valence-electron chi connectivity index (χ3n) is 3.41. The summed E-state index contributed by atoms with van der Waals surface area (Å²) in [6.07, 6.45) is -0.859. The topological polar surface area (TPSA) is 86.6 Å². The number of amides is 1. The summed E-state index contributed by atoms with van der Waals surface area (Å²) in [7, 11) is 0. The van der Waals surface area contributed by atoms with E-state index in [0.29, 0.717) is 5.02 Å². The number of nitrogens with one attached hydrogen (secondary N) is 1. The van der Waals surface area contributed by atoms with Crippen molar-refractivity contribution >= 4 is 23.3 Å². The molecule has 0 aromatic heterocycles. The largest absolute Gasteiger partial charge is 0.396 e. The first-order chi connectivity index (χ1) is 10.3. The highest BCUT2D eigenvalue weighted by atomic mass is 35.5. The summed E-state index contributed by atoms with van der Waals surface area (Å²) in [6.45, 7) is 3.02. The molecule has 0 aliphatic heterocycles. The number of aliphatic hydroxyl groups excluding tert-OH is 2. The van der Waals surface area contributed by atoms with E-state index in [1.807, 2.05) is 0 Å². The Kier molecular flexibility index (Phi) is 7.00. The van der Waals surface area contributed by atoms with E-state index in [9.17, 15) is 14.7 Å². The number of hydrogen-bond donors (Lipinski definition) is 3. The number of Topliss-reactive ketones (excluding diaryl/α,β-unsaturated/α-hetero) is 1. The molecule has 0 saturated heterocycles. The minimum Gasteiger partial charge on any atom is -0.396 e. The van der Waals surface area contributed by atoms with Gasteiger partial charge in [0.25, 0.3) is 0 Å². The number of aliphatic hydroxyl groups is 2. The van der Waals surface area contributed by atoms with Crippen LogP contribution in [0.3, 0.4) is 0 Å². The van der Waals surface area contributed by atoms with Gasteiger partial charge >= 0.3 is 0 Å². The number of rotatable bonds is 8. The van der Waals surface area contributed by atoms with Crippen molar-refractivity contribution < 1.29 is 19.8 Å². The molecule has 0 heterocycles. The second-order valence-electron chi connectivity index (χ2n) is 5.93. The number of hydrogen-bond acceptors (Lipinski definition) is 4. The third kappa shape index (κ3) is 5.75. The monoisotopic (exact) mass is 327 g/mol. The molecule has 122 valence electrons. The molecular weight excluding hydrogens is 306 g/mol. The maximum atomic E-state index is 11.8. The van der Waals surface area contributed by atoms with Crippen LogP contribution in [-0.4, -0.2) is 41.2 Å². The maximum absolute atomic E-state index is 11.8. The maximum Gasteiger partial charge on any atom is 0.249 e. The summed E-state index contributed by atoms with van der Waals surface area (Å²) in [5.74, 6) is -0.600. The van der Waals surface area contributed by atoms with Crippen molar-refractivity contribution in [1.82, 2.24) is 5.32 Å². The standard InChI is InChI=1S/C16H22ClNO4/c1-16(2,10-19)14(21)15(22)18-8-7-13(20)9-11-3-5-12(17)6-4-11/h3-6,14,19,21H,7-10H2,1-2H3,(H,18,22)/t14-/m0/s1. The number of ketones is 1. The quantitative estimate of drug-likeness (QED) is 0.672. The Hall–Kier alpha value is -1.43. The molecule has 6 heteroatoms. The molecule has 0 saturated carbocycles. The minimum atomic E-state index is -1.32. The summed E-state index contributed by atoms with van der Waals surface area (Å²) in [5.41, 5.74) is -0.0561. The molecular formula is C16H22ClNO4. The van der Waals surface area contributed by atoms with Crippen LogP contribution < -0.4 is 5.32 Å². The molecule has 5 nitrogen and oxygen atoms in total. The Bertz CT molecular complexity index is 513. The average Bonchev–Trinajstić information content (AvgIpc) is 2.48. The lowest BCUT2D eigenvalue weighted by molar-refractivity contribution is -0.137. The van der Waals surface area contributed by atoms with Crippen molar-refractivity contribution in [1.29, 1.82) is 0 Å². The average molecular weight is 328 g/mol. The molecule has 3 N–H and O–H groups in total. The number of halogens is 1. The molecule has 0 aliphatic rings. The molecule has 0 fully saturated rings. The van der Waals surface area contributed by atoms with Gasteiger partial charge in [-0.05, 0) is 17.7 Å². The number of carbonyl (C=O) groups is 2. The number of benzene rings is 1. The minimum absolute atomic E-state index is 0.0152. The van der Waals surface area contributed by atoms with Gasteiger partial charge in [-0.25, -0.2) is 0 Å². The zero-order valence-corrected chi connectivity index (χ0v) is 13.6. The molecule has 22 heavy (non-hydrogen) atoms. The Balaban J connectivity index is 2.36. The van der Waals surface area contributed by atoms with Gasteiger partial charge in [-0.2, -0.15) is 0 Å². The van der Waals surface area contributed by atoms with Crippen LogP contribution in [0.5, 0.6) is 0 Å². The molecule has 1 rings (SSSR count). The van der Waals surface area contributed by atoms with E-state index in [2.05, 4.69) is 5.32 Å². The van der Waals surface area contributed by atoms with Crippen molar-refractivity contribution in [2.45, 2.75) is 32.8 Å². The van der Waals surface area contributed by atoms with Gasteiger partial charge in [-0.15, -0.1) is 0 Å². The van der Waals surface area contributed by atoms with Crippen molar-refractivity contribution in [3.63, 3.8) is 0 Å². The number of carbonyl (C=O) groups excluding carboxylic acids is 2. The lowest BCUT2D eigenvalue weighted by Gasteiger charge is -2.27. The molecule has 1 amide bonds. The first-order valence-corrected chi connectivity index (χ1v) is 7.47. The Morgan fingerprint density at radius 3 is 2.41 bits per heavy atom. The van der Waals surface area contributed by atoms with E-state index in [1.54, 1.807) is 38.1 Å². The molecule has 0 bridgehead atoms. The Labute approximate surface area is 135 Å². The Morgan fingerprint density at radius 2 is 1.86 bits per heavy atom. The van der Waals surface area contributed by atoms with Gasteiger partial charge in [0.1, 0.15) is 11.9 Å². The van der Waals surface area contributed by atoms with E-state index in [1.165, 1.54) is 0 Å². The van der Waals surface area contributed by atoms with Crippen LogP contribution in [0, 0.1) is 5.41 Å². The van der Waals surface area contributed by atoms with Gasteiger partial charge in [-0.1, -0.05) is 37.6 Å². The normalized spacial score (nSPS) is 12.8. The summed E-state index contributed by atoms with van der Waals surface area (Å²) < 4.78 is 0. The van der Waals surface area contributed by atoms with Gasteiger partial charge in [0.15, 0.2) is 0 Å². The van der Waals surface area contributed by atoms with Crippen LogP contribution in [0.1, 0.15) is 25.8 Å². The lowest BCUT2D eigenvalue weighted by atomic mass is 9.87. The second-order valence-corrected chi connectivity index (χ2v) is 6.37. The van der Waals surface area contributed by atoms with Crippen LogP contribution >= 0.6 is 11.6 Å². The third-order valence-corrected chi connectivity index (χ3v) is 3.67. The van der Waals surface area contributed by atoms with Gasteiger partial charge < -0.3 is 15.5 Å². The molecule has 0 aliphatic carbocycles. The molecule has 1 aromatic rings. The molecule has 0 unspecified atom stereocenters. The molecule has 0 radical (unpaired) electrons. The fourth-order valence-corrected chi connectivity index (χ4v) is 1.91. The highest BCUT2D eigenvalue weighted by Crippen LogP contribution is 2.19. The van der Waals surface area contributed by atoms with Gasteiger partial charge in [0.05, 0.1) is 6.61 Å². The van der Waals surface area contributed by atoms with Gasteiger partial charge in [0, 0.05) is 29.8 Å². The van der Waals surface area contributed by atoms with Crippen LogP contribution in [0.4, 0.5) is 0 Å². The smallest absolute Gasteiger partial charge is 0.249 e. The van der Waals surface area contributed by atoms with E-state index in [-0.39, 0.29) is 31.8 Å². The zero-order valence-electron chi connectivity index (χ0n) is 12.8. The fourth-order valence-electron chi connectivity index (χ4n) is 1.78. The van der Waals surface area contributed by atoms with Crippen LogP contribution in [0.2, 0.25) is 5.02 Å². The molecule has 1 atom stereocenters. The lowest BCUT2D eigenvalue weighted by Crippen LogP contribution is -2.46. The van der Waals surface area contributed by atoms with Crippen LogP contribution in [-0.2, 0) is 16.0 Å². The molecule has 0 spiro atoms. The predicted molar refractivity (Wildman–Crippen MR) is 84.7 cm³/mol. The summed E-state index contributed by atoms with van der Waals surface area (Å²) >= 11 is 5.77. The fraction of sp³-hybridized carbons (Fsp3) is 0.500. The Morgan fingerprint density at radius 1 is 1.27 bits per heavy atom. The molecule has 1 aromatic carbocycles. The van der Waals surface area contributed by atoms with Crippen molar-refractivity contribution in [3.8, 4) is 0 Å². The first-order valence-electron chi connectivity index (χ1n) is 7.09. The summed E-state index contributed by atoms with van der Waals surface area (Å²) in [4.78, 5) is 23.5. The van der Waals surface area contributed by atoms with Gasteiger partial charge in [-0.3, -0.25) is 9.59 Å². The van der Waals surface area contributed by atoms with E-state index in [0.717, 1.165) is 5.56 Å². The predicted octanol–water partition coefficient (Wildman–Crippen LogP) is 1.34. The zero-order chi connectivity index (χ0) is 16.8. The van der Waals surface area contributed by atoms with Gasteiger partial charge in [0.2, 0.25) is 5.91 Å². The van der Waals surface area contributed by atoms with Crippen molar-refractivity contribution in [3.05, 3.63) is 34.9 Å². The van der Waals surface area contributed by atoms with E-state index >= 15 is 0 Å². The highest BCUT2D eigenvalue weighted by Gasteiger charge is 2.32. The second kappa shape index (κ2) is 8.27.